The van der Waals surface area contributed by atoms with Crippen molar-refractivity contribution in [3.63, 3.8) is 0 Å². The van der Waals surface area contributed by atoms with Crippen LogP contribution >= 0.6 is 11.3 Å². The highest BCUT2D eigenvalue weighted by Gasteiger charge is 2.12. The second-order valence-corrected chi connectivity index (χ2v) is 6.00. The van der Waals surface area contributed by atoms with Crippen molar-refractivity contribution >= 4 is 16.3 Å². The molecule has 4 rings (SSSR count). The molecule has 4 aromatic rings. The lowest BCUT2D eigenvalue weighted by molar-refractivity contribution is 0.989. The van der Waals surface area contributed by atoms with Gasteiger partial charge in [0.2, 0.25) is 4.96 Å². The molecule has 0 radical (unpaired) electrons. The third kappa shape index (κ3) is 2.22. The van der Waals surface area contributed by atoms with E-state index < -0.39 is 0 Å². The van der Waals surface area contributed by atoms with Crippen molar-refractivity contribution in [2.75, 3.05) is 0 Å². The fourth-order valence-electron chi connectivity index (χ4n) is 2.50. The minimum absolute atomic E-state index is 0.784. The average molecular weight is 305 g/mol. The number of rotatable bonds is 3. The number of hydrogen-bond donors (Lipinski definition) is 0. The van der Waals surface area contributed by atoms with Gasteiger partial charge in [-0.3, -0.25) is 0 Å². The number of nitrogens with zero attached hydrogens (tertiary/aromatic N) is 3. The number of hydrogen-bond acceptors (Lipinski definition) is 3. The minimum Gasteiger partial charge on any atom is -0.203 e. The van der Waals surface area contributed by atoms with Gasteiger partial charge in [-0.1, -0.05) is 61.5 Å². The van der Waals surface area contributed by atoms with Gasteiger partial charge in [0.05, 0.1) is 5.69 Å². The molecule has 0 saturated carbocycles. The maximum absolute atomic E-state index is 4.69. The molecule has 2 heterocycles. The Morgan fingerprint density at radius 3 is 2.45 bits per heavy atom. The van der Waals surface area contributed by atoms with Gasteiger partial charge >= 0.3 is 0 Å². The van der Waals surface area contributed by atoms with E-state index in [1.54, 1.807) is 11.3 Å². The summed E-state index contributed by atoms with van der Waals surface area (Å²) >= 11 is 1.62. The van der Waals surface area contributed by atoms with E-state index in [0.717, 1.165) is 34.0 Å². The first kappa shape index (κ1) is 13.2. The maximum Gasteiger partial charge on any atom is 0.213 e. The lowest BCUT2D eigenvalue weighted by atomic mass is 10.1. The Kier molecular flexibility index (Phi) is 3.24. The van der Waals surface area contributed by atoms with E-state index in [0.29, 0.717) is 0 Å². The van der Waals surface area contributed by atoms with E-state index in [2.05, 4.69) is 53.7 Å². The molecule has 0 amide bonds. The summed E-state index contributed by atoms with van der Waals surface area (Å²) < 4.78 is 1.93. The van der Waals surface area contributed by atoms with E-state index in [-0.39, 0.29) is 0 Å². The van der Waals surface area contributed by atoms with Crippen molar-refractivity contribution in [2.45, 2.75) is 13.3 Å². The summed E-state index contributed by atoms with van der Waals surface area (Å²) in [5, 5.41) is 6.80. The minimum atomic E-state index is 0.784. The summed E-state index contributed by atoms with van der Waals surface area (Å²) in [6.45, 7) is 2.16. The van der Waals surface area contributed by atoms with E-state index in [4.69, 9.17) is 5.10 Å². The van der Waals surface area contributed by atoms with Gasteiger partial charge < -0.3 is 0 Å². The molecule has 0 bridgehead atoms. The molecule has 3 nitrogen and oxygen atoms in total. The quantitative estimate of drug-likeness (QED) is 0.550. The van der Waals surface area contributed by atoms with Gasteiger partial charge in [0, 0.05) is 16.5 Å². The second-order valence-electron chi connectivity index (χ2n) is 5.17. The van der Waals surface area contributed by atoms with Crippen LogP contribution in [0, 0.1) is 0 Å². The molecular formula is C18H15N3S. The average Bonchev–Trinajstić information content (AvgIpc) is 3.16. The molecule has 2 aromatic carbocycles. The molecule has 0 N–H and O–H groups in total. The summed E-state index contributed by atoms with van der Waals surface area (Å²) in [6.07, 6.45) is 1.05. The molecular weight excluding hydrogens is 290 g/mol. The van der Waals surface area contributed by atoms with Crippen LogP contribution in [-0.4, -0.2) is 14.6 Å². The molecule has 22 heavy (non-hydrogen) atoms. The Morgan fingerprint density at radius 2 is 1.73 bits per heavy atom. The smallest absolute Gasteiger partial charge is 0.203 e. The van der Waals surface area contributed by atoms with Gasteiger partial charge in [0.15, 0.2) is 5.82 Å². The molecule has 0 aliphatic heterocycles. The first-order valence-electron chi connectivity index (χ1n) is 7.34. The van der Waals surface area contributed by atoms with E-state index in [1.807, 2.05) is 22.7 Å². The molecule has 0 atom stereocenters. The largest absolute Gasteiger partial charge is 0.213 e. The fraction of sp³-hybridized carbons (Fsp3) is 0.111. The molecule has 0 unspecified atom stereocenters. The number of fused-ring (bicyclic) bond motifs is 1. The van der Waals surface area contributed by atoms with Gasteiger partial charge in [-0.15, -0.1) is 16.4 Å². The third-order valence-electron chi connectivity index (χ3n) is 3.77. The number of thiazole rings is 1. The van der Waals surface area contributed by atoms with Crippen LogP contribution in [0.4, 0.5) is 0 Å². The molecule has 0 fully saturated rings. The number of benzene rings is 2. The lowest BCUT2D eigenvalue weighted by Crippen LogP contribution is -1.89. The zero-order chi connectivity index (χ0) is 14.9. The molecule has 0 spiro atoms. The van der Waals surface area contributed by atoms with Crippen molar-refractivity contribution in [2.24, 2.45) is 0 Å². The van der Waals surface area contributed by atoms with Crippen LogP contribution in [0.2, 0.25) is 0 Å². The van der Waals surface area contributed by atoms with Crippen LogP contribution in [0.15, 0.2) is 60.0 Å². The topological polar surface area (TPSA) is 30.2 Å². The van der Waals surface area contributed by atoms with Crippen molar-refractivity contribution < 1.29 is 0 Å². The standard InChI is InChI=1S/C18H15N3S/c1-2-13-8-10-15(11-9-13)17-19-18-21(20-17)16(12-22-18)14-6-4-3-5-7-14/h3-12H,2H2,1H3. The molecule has 108 valence electrons. The van der Waals surface area contributed by atoms with Gasteiger partial charge in [-0.25, -0.2) is 4.52 Å². The molecule has 0 aliphatic rings. The van der Waals surface area contributed by atoms with Crippen LogP contribution in [-0.2, 0) is 6.42 Å². The van der Waals surface area contributed by atoms with Gasteiger partial charge in [0.1, 0.15) is 0 Å². The van der Waals surface area contributed by atoms with E-state index in [1.165, 1.54) is 5.56 Å². The predicted octanol–water partition coefficient (Wildman–Crippen LogP) is 4.69. The van der Waals surface area contributed by atoms with Crippen LogP contribution in [0.5, 0.6) is 0 Å². The second kappa shape index (κ2) is 5.39. The first-order valence-corrected chi connectivity index (χ1v) is 8.22. The predicted molar refractivity (Wildman–Crippen MR) is 91.1 cm³/mol. The highest BCUT2D eigenvalue weighted by Crippen LogP contribution is 2.27. The summed E-state index contributed by atoms with van der Waals surface area (Å²) in [5.74, 6) is 0.784. The van der Waals surface area contributed by atoms with Crippen LogP contribution in [0.3, 0.4) is 0 Å². The summed E-state index contributed by atoms with van der Waals surface area (Å²) in [6, 6.07) is 18.8. The first-order chi connectivity index (χ1) is 10.8. The fourth-order valence-corrected chi connectivity index (χ4v) is 3.33. The van der Waals surface area contributed by atoms with Crippen LogP contribution in [0.25, 0.3) is 27.6 Å². The Bertz CT molecular complexity index is 905. The van der Waals surface area contributed by atoms with Gasteiger partial charge in [-0.05, 0) is 12.0 Å². The van der Waals surface area contributed by atoms with Gasteiger partial charge in [0.25, 0.3) is 0 Å². The molecule has 0 aliphatic carbocycles. The van der Waals surface area contributed by atoms with Crippen LogP contribution in [0.1, 0.15) is 12.5 Å². The number of aryl methyl sites for hydroxylation is 1. The third-order valence-corrected chi connectivity index (χ3v) is 4.59. The van der Waals surface area contributed by atoms with Gasteiger partial charge in [-0.2, -0.15) is 4.98 Å². The Morgan fingerprint density at radius 1 is 0.955 bits per heavy atom. The Balaban J connectivity index is 1.79. The molecule has 2 aromatic heterocycles. The van der Waals surface area contributed by atoms with Crippen molar-refractivity contribution in [1.29, 1.82) is 0 Å². The SMILES string of the molecule is CCc1ccc(-c2nc3scc(-c4ccccc4)n3n2)cc1. The van der Waals surface area contributed by atoms with Crippen molar-refractivity contribution in [3.05, 3.63) is 65.5 Å². The van der Waals surface area contributed by atoms with E-state index >= 15 is 0 Å². The zero-order valence-electron chi connectivity index (χ0n) is 12.2. The zero-order valence-corrected chi connectivity index (χ0v) is 13.0. The van der Waals surface area contributed by atoms with Crippen LogP contribution < -0.4 is 0 Å². The van der Waals surface area contributed by atoms with Crippen molar-refractivity contribution in [1.82, 2.24) is 14.6 Å². The van der Waals surface area contributed by atoms with Crippen molar-refractivity contribution in [3.8, 4) is 22.6 Å². The lowest BCUT2D eigenvalue weighted by Gasteiger charge is -1.99. The molecule has 0 saturated heterocycles. The molecule has 4 heteroatoms. The Hall–Kier alpha value is -2.46. The highest BCUT2D eigenvalue weighted by atomic mass is 32.1. The normalized spacial score (nSPS) is 11.1. The Labute approximate surface area is 132 Å². The number of aromatic nitrogens is 3. The maximum atomic E-state index is 4.69. The summed E-state index contributed by atoms with van der Waals surface area (Å²) in [7, 11) is 0. The van der Waals surface area contributed by atoms with E-state index in [9.17, 15) is 0 Å². The highest BCUT2D eigenvalue weighted by molar-refractivity contribution is 7.15. The monoisotopic (exact) mass is 305 g/mol. The summed E-state index contributed by atoms with van der Waals surface area (Å²) in [5.41, 5.74) is 4.64. The summed E-state index contributed by atoms with van der Waals surface area (Å²) in [4.78, 5) is 5.58.